The fourth-order valence-corrected chi connectivity index (χ4v) is 0.476. The smallest absolute Gasteiger partial charge is 0.145 e. The molecule has 0 aromatic heterocycles. The number of rotatable bonds is 2. The minimum Gasteiger partial charge on any atom is -0.298 e. The first-order valence-corrected chi connectivity index (χ1v) is 2.97. The van der Waals surface area contributed by atoms with Crippen molar-refractivity contribution in [2.24, 2.45) is 0 Å². The van der Waals surface area contributed by atoms with E-state index in [4.69, 9.17) is 0 Å². The number of hydrogen-bond donors (Lipinski definition) is 0. The van der Waals surface area contributed by atoms with Gasteiger partial charge in [0.05, 0.1) is 0 Å². The van der Waals surface area contributed by atoms with Crippen molar-refractivity contribution in [3.63, 3.8) is 0 Å². The van der Waals surface area contributed by atoms with E-state index in [9.17, 15) is 4.79 Å². The first-order valence-electron chi connectivity index (χ1n) is 2.97. The van der Waals surface area contributed by atoms with Crippen molar-refractivity contribution in [2.45, 2.75) is 20.8 Å². The van der Waals surface area contributed by atoms with E-state index in [0.29, 0.717) is 0 Å². The van der Waals surface area contributed by atoms with Crippen molar-refractivity contribution in [3.8, 4) is 0 Å². The molecule has 0 heterocycles. The molecule has 0 radical (unpaired) electrons. The second kappa shape index (κ2) is 4.07. The molecule has 0 saturated heterocycles. The summed E-state index contributed by atoms with van der Waals surface area (Å²) in [7, 11) is 0. The molecule has 0 aliphatic rings. The predicted molar refractivity (Wildman–Crippen MR) is 39.3 cm³/mol. The summed E-state index contributed by atoms with van der Waals surface area (Å²) in [6.07, 6.45) is 4.67. The molecule has 0 atom stereocenters. The van der Waals surface area contributed by atoms with Gasteiger partial charge in [0.2, 0.25) is 0 Å². The van der Waals surface area contributed by atoms with Crippen LogP contribution in [-0.4, -0.2) is 6.29 Å². The molecular formula is C8H12O. The number of carbonyl (C=O) groups excluding carboxylic acids is 1. The van der Waals surface area contributed by atoms with E-state index in [1.54, 1.807) is 6.92 Å². The molecule has 0 saturated carbocycles. The van der Waals surface area contributed by atoms with Gasteiger partial charge in [-0.25, -0.2) is 0 Å². The van der Waals surface area contributed by atoms with E-state index in [0.717, 1.165) is 17.4 Å². The Morgan fingerprint density at radius 3 is 2.11 bits per heavy atom. The normalized spacial score (nSPS) is 13.7. The van der Waals surface area contributed by atoms with Crippen LogP contribution in [0, 0.1) is 0 Å². The van der Waals surface area contributed by atoms with Crippen LogP contribution in [-0.2, 0) is 4.79 Å². The lowest BCUT2D eigenvalue weighted by atomic mass is 10.2. The molecule has 0 aromatic carbocycles. The van der Waals surface area contributed by atoms with Crippen LogP contribution in [0.15, 0.2) is 23.3 Å². The van der Waals surface area contributed by atoms with Gasteiger partial charge in [-0.3, -0.25) is 4.79 Å². The van der Waals surface area contributed by atoms with Gasteiger partial charge >= 0.3 is 0 Å². The number of carbonyl (C=O) groups is 1. The highest BCUT2D eigenvalue weighted by Gasteiger charge is 1.82. The SMILES string of the molecule is C/C=C(C)/C=C(/C)C=O. The van der Waals surface area contributed by atoms with Crippen LogP contribution in [0.5, 0.6) is 0 Å². The van der Waals surface area contributed by atoms with Crippen LogP contribution in [0.4, 0.5) is 0 Å². The molecule has 0 bridgehead atoms. The lowest BCUT2D eigenvalue weighted by Gasteiger charge is -1.88. The van der Waals surface area contributed by atoms with E-state index in [1.807, 2.05) is 26.0 Å². The van der Waals surface area contributed by atoms with E-state index < -0.39 is 0 Å². The van der Waals surface area contributed by atoms with Gasteiger partial charge < -0.3 is 0 Å². The summed E-state index contributed by atoms with van der Waals surface area (Å²) in [5.74, 6) is 0. The fourth-order valence-electron chi connectivity index (χ4n) is 0.476. The third kappa shape index (κ3) is 3.71. The summed E-state index contributed by atoms with van der Waals surface area (Å²) in [6, 6.07) is 0. The molecule has 0 rings (SSSR count). The van der Waals surface area contributed by atoms with Crippen LogP contribution in [0.25, 0.3) is 0 Å². The van der Waals surface area contributed by atoms with Crippen LogP contribution < -0.4 is 0 Å². The molecule has 0 N–H and O–H groups in total. The molecular weight excluding hydrogens is 112 g/mol. The zero-order chi connectivity index (χ0) is 7.28. The zero-order valence-corrected chi connectivity index (χ0v) is 6.14. The molecule has 1 nitrogen and oxygen atoms in total. The first-order chi connectivity index (χ1) is 4.20. The largest absolute Gasteiger partial charge is 0.298 e. The summed E-state index contributed by atoms with van der Waals surface area (Å²) >= 11 is 0. The van der Waals surface area contributed by atoms with Gasteiger partial charge in [-0.05, 0) is 26.3 Å². The molecule has 0 spiro atoms. The quantitative estimate of drug-likeness (QED) is 0.313. The standard InChI is InChI=1S/C8H12O/c1-4-7(2)5-8(3)6-9/h4-6H,1-3H3/b7-4+,8-5-. The highest BCUT2D eigenvalue weighted by atomic mass is 16.1. The maximum atomic E-state index is 10.1. The van der Waals surface area contributed by atoms with Crippen molar-refractivity contribution in [2.75, 3.05) is 0 Å². The molecule has 50 valence electrons. The van der Waals surface area contributed by atoms with Gasteiger partial charge in [-0.15, -0.1) is 0 Å². The molecule has 9 heavy (non-hydrogen) atoms. The number of aldehydes is 1. The average Bonchev–Trinajstić information content (AvgIpc) is 1.87. The summed E-state index contributed by atoms with van der Waals surface area (Å²) in [5, 5.41) is 0. The van der Waals surface area contributed by atoms with Gasteiger partial charge in [-0.1, -0.05) is 17.7 Å². The highest BCUT2D eigenvalue weighted by molar-refractivity contribution is 5.73. The molecule has 1 heteroatoms. The Morgan fingerprint density at radius 1 is 1.22 bits per heavy atom. The van der Waals surface area contributed by atoms with Crippen molar-refractivity contribution < 1.29 is 4.79 Å². The van der Waals surface area contributed by atoms with Gasteiger partial charge in [0.1, 0.15) is 6.29 Å². The summed E-state index contributed by atoms with van der Waals surface area (Å²) < 4.78 is 0. The van der Waals surface area contributed by atoms with Crippen LogP contribution >= 0.6 is 0 Å². The van der Waals surface area contributed by atoms with E-state index >= 15 is 0 Å². The topological polar surface area (TPSA) is 17.1 Å². The fraction of sp³-hybridized carbons (Fsp3) is 0.375. The number of hydrogen-bond acceptors (Lipinski definition) is 1. The van der Waals surface area contributed by atoms with Crippen molar-refractivity contribution in [3.05, 3.63) is 23.3 Å². The van der Waals surface area contributed by atoms with Crippen LogP contribution in [0.2, 0.25) is 0 Å². The van der Waals surface area contributed by atoms with E-state index in [2.05, 4.69) is 0 Å². The second-order valence-corrected chi connectivity index (χ2v) is 2.04. The Bertz CT molecular complexity index is 152. The third-order valence-corrected chi connectivity index (χ3v) is 1.10. The second-order valence-electron chi connectivity index (χ2n) is 2.04. The Balaban J connectivity index is 4.11. The van der Waals surface area contributed by atoms with Crippen molar-refractivity contribution >= 4 is 6.29 Å². The maximum absolute atomic E-state index is 10.1. The monoisotopic (exact) mass is 124 g/mol. The van der Waals surface area contributed by atoms with Gasteiger partial charge in [0.25, 0.3) is 0 Å². The highest BCUT2D eigenvalue weighted by Crippen LogP contribution is 1.97. The Morgan fingerprint density at radius 2 is 1.78 bits per heavy atom. The number of allylic oxidation sites excluding steroid dienone is 4. The lowest BCUT2D eigenvalue weighted by Crippen LogP contribution is -1.76. The van der Waals surface area contributed by atoms with E-state index in [1.165, 1.54) is 0 Å². The Labute approximate surface area is 56.1 Å². The van der Waals surface area contributed by atoms with Gasteiger partial charge in [-0.2, -0.15) is 0 Å². The molecule has 0 fully saturated rings. The third-order valence-electron chi connectivity index (χ3n) is 1.10. The Kier molecular flexibility index (Phi) is 3.69. The zero-order valence-electron chi connectivity index (χ0n) is 6.14. The van der Waals surface area contributed by atoms with Crippen molar-refractivity contribution in [1.82, 2.24) is 0 Å². The molecule has 0 amide bonds. The van der Waals surface area contributed by atoms with Gasteiger partial charge in [0, 0.05) is 0 Å². The predicted octanol–water partition coefficient (Wildman–Crippen LogP) is 2.10. The minimum atomic E-state index is 0.769. The summed E-state index contributed by atoms with van der Waals surface area (Å²) in [6.45, 7) is 5.71. The molecule has 0 aromatic rings. The van der Waals surface area contributed by atoms with Crippen LogP contribution in [0.3, 0.4) is 0 Å². The average molecular weight is 124 g/mol. The summed E-state index contributed by atoms with van der Waals surface area (Å²) in [5.41, 5.74) is 1.89. The summed E-state index contributed by atoms with van der Waals surface area (Å²) in [4.78, 5) is 10.1. The molecule has 0 aliphatic heterocycles. The Hall–Kier alpha value is -0.850. The van der Waals surface area contributed by atoms with Crippen LogP contribution in [0.1, 0.15) is 20.8 Å². The first kappa shape index (κ1) is 8.15. The minimum absolute atomic E-state index is 0.769. The van der Waals surface area contributed by atoms with Crippen molar-refractivity contribution in [1.29, 1.82) is 0 Å². The maximum Gasteiger partial charge on any atom is 0.145 e. The molecule has 0 aliphatic carbocycles. The lowest BCUT2D eigenvalue weighted by molar-refractivity contribution is -0.104. The van der Waals surface area contributed by atoms with Gasteiger partial charge in [0.15, 0.2) is 0 Å². The van der Waals surface area contributed by atoms with E-state index in [-0.39, 0.29) is 0 Å². The molecule has 0 unspecified atom stereocenters.